The molecule has 0 aliphatic rings. The summed E-state index contributed by atoms with van der Waals surface area (Å²) in [7, 11) is 0.739. The van der Waals surface area contributed by atoms with E-state index in [2.05, 4.69) is 16.2 Å². The molecule has 0 fully saturated rings. The normalized spacial score (nSPS) is 10.5. The Kier molecular flexibility index (Phi) is 5.63. The number of carbonyl (C=O) groups is 2. The van der Waals surface area contributed by atoms with Gasteiger partial charge >= 0.3 is 11.9 Å². The Morgan fingerprint density at radius 3 is 2.18 bits per heavy atom. The van der Waals surface area contributed by atoms with Crippen LogP contribution >= 0.6 is 11.6 Å². The molecule has 0 saturated carbocycles. The van der Waals surface area contributed by atoms with Crippen molar-refractivity contribution in [3.63, 3.8) is 0 Å². The zero-order chi connectivity index (χ0) is 17.1. The van der Waals surface area contributed by atoms with Gasteiger partial charge in [-0.2, -0.15) is 0 Å². The molecular formula is C15H18ClNO4Si. The molecule has 1 rings (SSSR count). The Morgan fingerprint density at radius 1 is 1.18 bits per heavy atom. The molecule has 0 aromatic heterocycles. The highest BCUT2D eigenvalue weighted by Crippen LogP contribution is 2.30. The van der Waals surface area contributed by atoms with Gasteiger partial charge in [-0.3, -0.25) is 0 Å². The first kappa shape index (κ1) is 18.1. The summed E-state index contributed by atoms with van der Waals surface area (Å²) in [5.41, 5.74) is 9.48. The molecule has 0 spiro atoms. The smallest absolute Gasteiger partial charge is 0.340 e. The van der Waals surface area contributed by atoms with Gasteiger partial charge in [0.15, 0.2) is 0 Å². The molecule has 0 aliphatic heterocycles. The van der Waals surface area contributed by atoms with E-state index in [9.17, 15) is 9.59 Å². The highest BCUT2D eigenvalue weighted by Gasteiger charge is 2.24. The van der Waals surface area contributed by atoms with E-state index in [0.29, 0.717) is 0 Å². The van der Waals surface area contributed by atoms with Crippen LogP contribution in [0.25, 0.3) is 0 Å². The molecule has 2 N–H and O–H groups in total. The quantitative estimate of drug-likeness (QED) is 0.388. The fourth-order valence-corrected chi connectivity index (χ4v) is 2.41. The van der Waals surface area contributed by atoms with Crippen LogP contribution in [0.1, 0.15) is 26.3 Å². The van der Waals surface area contributed by atoms with Crippen molar-refractivity contribution in [3.05, 3.63) is 27.8 Å². The zero-order valence-corrected chi connectivity index (χ0v) is 14.9. The van der Waals surface area contributed by atoms with E-state index in [1.165, 1.54) is 20.3 Å². The third kappa shape index (κ3) is 4.03. The van der Waals surface area contributed by atoms with E-state index in [0.717, 1.165) is 0 Å². The molecule has 0 bridgehead atoms. The lowest BCUT2D eigenvalue weighted by Gasteiger charge is -2.13. The minimum absolute atomic E-state index is 0.0429. The third-order valence-electron chi connectivity index (χ3n) is 2.68. The van der Waals surface area contributed by atoms with Gasteiger partial charge in [-0.25, -0.2) is 9.59 Å². The maximum Gasteiger partial charge on any atom is 0.340 e. The number of anilines is 1. The molecule has 0 amide bonds. The molecule has 7 heteroatoms. The van der Waals surface area contributed by atoms with Gasteiger partial charge in [0, 0.05) is 0 Å². The molecule has 5 nitrogen and oxygen atoms in total. The number of rotatable bonds is 2. The van der Waals surface area contributed by atoms with Crippen LogP contribution in [0.2, 0.25) is 24.7 Å². The van der Waals surface area contributed by atoms with Crippen molar-refractivity contribution >= 4 is 37.3 Å². The largest absolute Gasteiger partial charge is 0.465 e. The van der Waals surface area contributed by atoms with Crippen LogP contribution in [0.5, 0.6) is 0 Å². The van der Waals surface area contributed by atoms with Crippen molar-refractivity contribution in [3.8, 4) is 11.5 Å². The number of halogens is 1. The second kappa shape index (κ2) is 6.86. The van der Waals surface area contributed by atoms with E-state index in [-0.39, 0.29) is 27.4 Å². The van der Waals surface area contributed by atoms with Crippen molar-refractivity contribution in [1.29, 1.82) is 0 Å². The summed E-state index contributed by atoms with van der Waals surface area (Å²) in [5, 5.41) is 0.0429. The van der Waals surface area contributed by atoms with E-state index in [4.69, 9.17) is 22.1 Å². The van der Waals surface area contributed by atoms with Gasteiger partial charge in [0.25, 0.3) is 0 Å². The van der Waals surface area contributed by atoms with Gasteiger partial charge in [0.1, 0.15) is 8.07 Å². The van der Waals surface area contributed by atoms with Crippen molar-refractivity contribution in [1.82, 2.24) is 0 Å². The zero-order valence-electron chi connectivity index (χ0n) is 13.2. The van der Waals surface area contributed by atoms with Crippen molar-refractivity contribution in [2.75, 3.05) is 20.0 Å². The number of nitrogen functional groups attached to an aromatic ring is 1. The van der Waals surface area contributed by atoms with Crippen LogP contribution < -0.4 is 5.73 Å². The second-order valence-corrected chi connectivity index (χ2v) is 10.7. The van der Waals surface area contributed by atoms with Gasteiger partial charge in [0.05, 0.1) is 41.6 Å². The van der Waals surface area contributed by atoms with Crippen LogP contribution in [0.15, 0.2) is 6.07 Å². The molecule has 0 atom stereocenters. The van der Waals surface area contributed by atoms with E-state index >= 15 is 0 Å². The average molecular weight is 340 g/mol. The first-order chi connectivity index (χ1) is 10.1. The van der Waals surface area contributed by atoms with Gasteiger partial charge in [-0.15, -0.1) is 5.54 Å². The van der Waals surface area contributed by atoms with Crippen molar-refractivity contribution in [2.24, 2.45) is 0 Å². The fourth-order valence-electron chi connectivity index (χ4n) is 1.63. The highest BCUT2D eigenvalue weighted by molar-refractivity contribution is 6.83. The molecule has 22 heavy (non-hydrogen) atoms. The molecule has 1 aromatic rings. The van der Waals surface area contributed by atoms with Gasteiger partial charge in [0.2, 0.25) is 0 Å². The van der Waals surface area contributed by atoms with Gasteiger partial charge in [-0.05, 0) is 6.07 Å². The number of benzene rings is 1. The molecule has 0 heterocycles. The summed E-state index contributed by atoms with van der Waals surface area (Å²) in [4.78, 5) is 23.7. The molecule has 0 aliphatic carbocycles. The number of esters is 2. The van der Waals surface area contributed by atoms with E-state index in [1.807, 2.05) is 19.6 Å². The number of methoxy groups -OCH3 is 2. The van der Waals surface area contributed by atoms with Crippen molar-refractivity contribution in [2.45, 2.75) is 19.6 Å². The SMILES string of the molecule is COC(=O)c1cc(Cl)c(C(=O)OC)c(C#C[Si](C)(C)C)c1N. The summed E-state index contributed by atoms with van der Waals surface area (Å²) in [6, 6.07) is 1.29. The summed E-state index contributed by atoms with van der Waals surface area (Å²) < 4.78 is 9.39. The molecule has 1 aromatic carbocycles. The highest BCUT2D eigenvalue weighted by atomic mass is 35.5. The van der Waals surface area contributed by atoms with Crippen LogP contribution in [0.3, 0.4) is 0 Å². The minimum atomic E-state index is -1.73. The average Bonchev–Trinajstić information content (AvgIpc) is 2.44. The minimum Gasteiger partial charge on any atom is -0.465 e. The number of nitrogens with two attached hydrogens (primary N) is 1. The van der Waals surface area contributed by atoms with Gasteiger partial charge in [-0.1, -0.05) is 37.2 Å². The lowest BCUT2D eigenvalue weighted by Crippen LogP contribution is -2.17. The Hall–Kier alpha value is -1.97. The summed E-state index contributed by atoms with van der Waals surface area (Å²) >= 11 is 6.11. The Labute approximate surface area is 135 Å². The fraction of sp³-hybridized carbons (Fsp3) is 0.333. The topological polar surface area (TPSA) is 78.6 Å². The van der Waals surface area contributed by atoms with Crippen LogP contribution in [-0.2, 0) is 9.47 Å². The number of hydrogen-bond donors (Lipinski definition) is 1. The first-order valence-corrected chi connectivity index (χ1v) is 10.3. The Balaban J connectivity index is 3.72. The van der Waals surface area contributed by atoms with E-state index < -0.39 is 20.0 Å². The van der Waals surface area contributed by atoms with Gasteiger partial charge < -0.3 is 15.2 Å². The molecule has 0 saturated heterocycles. The Morgan fingerprint density at radius 2 is 1.73 bits per heavy atom. The molecule has 0 unspecified atom stereocenters. The number of ether oxygens (including phenoxy) is 2. The van der Waals surface area contributed by atoms with Crippen LogP contribution in [-0.4, -0.2) is 34.2 Å². The summed E-state index contributed by atoms with van der Waals surface area (Å²) in [5.74, 6) is 1.58. The maximum atomic E-state index is 11.9. The van der Waals surface area contributed by atoms with E-state index in [1.54, 1.807) is 0 Å². The summed E-state index contributed by atoms with van der Waals surface area (Å²) in [6.45, 7) is 6.12. The van der Waals surface area contributed by atoms with Crippen molar-refractivity contribution < 1.29 is 19.1 Å². The lowest BCUT2D eigenvalue weighted by molar-refractivity contribution is 0.0587. The molecular weight excluding hydrogens is 322 g/mol. The lowest BCUT2D eigenvalue weighted by atomic mass is 10.0. The first-order valence-electron chi connectivity index (χ1n) is 6.44. The Bertz CT molecular complexity index is 683. The summed E-state index contributed by atoms with van der Waals surface area (Å²) in [6.07, 6.45) is 0. The number of hydrogen-bond acceptors (Lipinski definition) is 5. The number of carbonyl (C=O) groups excluding carboxylic acids is 2. The monoisotopic (exact) mass is 339 g/mol. The third-order valence-corrected chi connectivity index (χ3v) is 3.85. The second-order valence-electron chi connectivity index (χ2n) is 5.55. The molecule has 118 valence electrons. The standard InChI is InChI=1S/C15H18ClNO4Si/c1-20-14(18)10-8-11(16)12(15(19)21-2)9(13(10)17)6-7-22(3,4)5/h8H,17H2,1-5H3. The van der Waals surface area contributed by atoms with Crippen LogP contribution in [0.4, 0.5) is 5.69 Å². The predicted molar refractivity (Wildman–Crippen MR) is 88.8 cm³/mol. The molecule has 0 radical (unpaired) electrons. The van der Waals surface area contributed by atoms with Crippen LogP contribution in [0, 0.1) is 11.5 Å². The predicted octanol–water partition coefficient (Wildman–Crippen LogP) is 2.72. The maximum absolute atomic E-state index is 11.9.